The highest BCUT2D eigenvalue weighted by Gasteiger charge is 2.44. The lowest BCUT2D eigenvalue weighted by Gasteiger charge is -2.26. The number of hydrogen-bond donors (Lipinski definition) is 1. The van der Waals surface area contributed by atoms with Crippen LogP contribution in [0, 0.1) is 17.6 Å². The van der Waals surface area contributed by atoms with Gasteiger partial charge in [0.05, 0.1) is 5.52 Å². The Morgan fingerprint density at radius 2 is 1.94 bits per heavy atom. The molecule has 0 radical (unpaired) electrons. The second kappa shape index (κ2) is 7.92. The fourth-order valence-corrected chi connectivity index (χ4v) is 3.67. The molecule has 31 heavy (non-hydrogen) atoms. The molecule has 2 aromatic carbocycles. The number of anilines is 1. The van der Waals surface area contributed by atoms with Gasteiger partial charge in [-0.3, -0.25) is 15.0 Å². The SMILES string of the molecule is CC(C)N(C)c1nc2cc(F)cc(F)c2c(=O)n1NC(=O)C1CC1c1ccc(Cl)cc1. The summed E-state index contributed by atoms with van der Waals surface area (Å²) in [6, 6.07) is 8.80. The average molecular weight is 447 g/mol. The molecule has 1 aromatic heterocycles. The molecule has 4 rings (SSSR count). The van der Waals surface area contributed by atoms with E-state index in [4.69, 9.17) is 11.6 Å². The standard InChI is InChI=1S/C22H21ClF2N4O2/c1-11(2)28(3)22-26-18-9-14(24)8-17(25)19(18)21(31)29(22)27-20(30)16-10-15(16)12-4-6-13(23)7-5-12/h4-9,11,15-16H,10H2,1-3H3,(H,27,30). The van der Waals surface area contributed by atoms with Crippen LogP contribution in [0.15, 0.2) is 41.2 Å². The van der Waals surface area contributed by atoms with Crippen molar-refractivity contribution in [1.82, 2.24) is 9.66 Å². The van der Waals surface area contributed by atoms with Crippen molar-refractivity contribution in [1.29, 1.82) is 0 Å². The Kier molecular flexibility index (Phi) is 5.43. The van der Waals surface area contributed by atoms with Gasteiger partial charge in [-0.1, -0.05) is 23.7 Å². The van der Waals surface area contributed by atoms with Crippen LogP contribution in [0.5, 0.6) is 0 Å². The number of nitrogens with one attached hydrogen (secondary N) is 1. The van der Waals surface area contributed by atoms with E-state index in [1.807, 2.05) is 26.0 Å². The maximum atomic E-state index is 14.4. The zero-order valence-corrected chi connectivity index (χ0v) is 18.0. The van der Waals surface area contributed by atoms with Gasteiger partial charge in [-0.2, -0.15) is 4.68 Å². The quantitative estimate of drug-likeness (QED) is 0.642. The molecule has 1 fully saturated rings. The first-order valence-corrected chi connectivity index (χ1v) is 10.3. The van der Waals surface area contributed by atoms with Crippen molar-refractivity contribution in [3.05, 3.63) is 69.0 Å². The number of hydrogen-bond acceptors (Lipinski definition) is 4. The molecule has 1 amide bonds. The lowest BCUT2D eigenvalue weighted by Crippen LogP contribution is -2.41. The molecule has 2 unspecified atom stereocenters. The van der Waals surface area contributed by atoms with Crippen LogP contribution >= 0.6 is 11.6 Å². The van der Waals surface area contributed by atoms with Crippen molar-refractivity contribution in [2.24, 2.45) is 5.92 Å². The van der Waals surface area contributed by atoms with Crippen LogP contribution in [-0.2, 0) is 4.79 Å². The number of carbonyl (C=O) groups is 1. The van der Waals surface area contributed by atoms with Gasteiger partial charge in [-0.15, -0.1) is 0 Å². The molecule has 0 spiro atoms. The van der Waals surface area contributed by atoms with Crippen LogP contribution in [0.25, 0.3) is 10.9 Å². The zero-order chi connectivity index (χ0) is 22.4. The van der Waals surface area contributed by atoms with Gasteiger partial charge in [0.15, 0.2) is 0 Å². The molecule has 1 saturated carbocycles. The van der Waals surface area contributed by atoms with E-state index in [9.17, 15) is 18.4 Å². The van der Waals surface area contributed by atoms with E-state index in [-0.39, 0.29) is 40.6 Å². The van der Waals surface area contributed by atoms with Gasteiger partial charge in [0.25, 0.3) is 5.56 Å². The van der Waals surface area contributed by atoms with E-state index in [0.717, 1.165) is 16.3 Å². The Morgan fingerprint density at radius 3 is 2.58 bits per heavy atom. The van der Waals surface area contributed by atoms with Crippen molar-refractivity contribution in [3.63, 3.8) is 0 Å². The number of fused-ring (bicyclic) bond motifs is 1. The Morgan fingerprint density at radius 1 is 1.26 bits per heavy atom. The van der Waals surface area contributed by atoms with Crippen LogP contribution in [0.2, 0.25) is 5.02 Å². The molecule has 6 nitrogen and oxygen atoms in total. The number of amides is 1. The normalized spacial score (nSPS) is 17.8. The van der Waals surface area contributed by atoms with Crippen LogP contribution in [0.3, 0.4) is 0 Å². The first-order chi connectivity index (χ1) is 14.7. The van der Waals surface area contributed by atoms with E-state index in [1.165, 1.54) is 0 Å². The number of aromatic nitrogens is 2. The van der Waals surface area contributed by atoms with Crippen molar-refractivity contribution in [2.45, 2.75) is 32.2 Å². The predicted octanol–water partition coefficient (Wildman–Crippen LogP) is 4.05. The molecule has 0 saturated heterocycles. The van der Waals surface area contributed by atoms with Crippen molar-refractivity contribution < 1.29 is 13.6 Å². The largest absolute Gasteiger partial charge is 0.341 e. The predicted molar refractivity (Wildman–Crippen MR) is 116 cm³/mol. The third kappa shape index (κ3) is 3.99. The van der Waals surface area contributed by atoms with Crippen molar-refractivity contribution in [2.75, 3.05) is 17.4 Å². The zero-order valence-electron chi connectivity index (χ0n) is 17.2. The fourth-order valence-electron chi connectivity index (χ4n) is 3.54. The summed E-state index contributed by atoms with van der Waals surface area (Å²) in [6.07, 6.45) is 0.623. The van der Waals surface area contributed by atoms with E-state index in [1.54, 1.807) is 24.1 Å². The lowest BCUT2D eigenvalue weighted by molar-refractivity contribution is -0.118. The summed E-state index contributed by atoms with van der Waals surface area (Å²) in [4.78, 5) is 31.9. The van der Waals surface area contributed by atoms with E-state index in [0.29, 0.717) is 17.5 Å². The Labute approximate surface area is 182 Å². The molecule has 0 bridgehead atoms. The smallest absolute Gasteiger partial charge is 0.284 e. The van der Waals surface area contributed by atoms with Gasteiger partial charge in [0.1, 0.15) is 17.0 Å². The summed E-state index contributed by atoms with van der Waals surface area (Å²) >= 11 is 5.92. The lowest BCUT2D eigenvalue weighted by atomic mass is 10.1. The Balaban J connectivity index is 1.71. The highest BCUT2D eigenvalue weighted by molar-refractivity contribution is 6.30. The van der Waals surface area contributed by atoms with Crippen molar-refractivity contribution in [3.8, 4) is 0 Å². The first kappa shape index (κ1) is 21.2. The van der Waals surface area contributed by atoms with Gasteiger partial charge in [-0.05, 0) is 43.9 Å². The highest BCUT2D eigenvalue weighted by atomic mass is 35.5. The van der Waals surface area contributed by atoms with E-state index < -0.39 is 17.2 Å². The summed E-state index contributed by atoms with van der Waals surface area (Å²) in [5.74, 6) is -2.46. The van der Waals surface area contributed by atoms with Gasteiger partial charge in [0, 0.05) is 36.2 Å². The molecule has 3 aromatic rings. The maximum Gasteiger partial charge on any atom is 0.284 e. The molecular formula is C22H21ClF2N4O2. The third-order valence-corrected chi connectivity index (χ3v) is 5.86. The van der Waals surface area contributed by atoms with Crippen LogP contribution in [0.4, 0.5) is 14.7 Å². The summed E-state index contributed by atoms with van der Waals surface area (Å²) in [7, 11) is 1.68. The Bertz CT molecular complexity index is 1230. The van der Waals surface area contributed by atoms with Gasteiger partial charge < -0.3 is 4.90 Å². The Hall–Kier alpha value is -3.00. The number of carbonyl (C=O) groups excluding carboxylic acids is 1. The molecule has 0 aliphatic heterocycles. The molecule has 9 heteroatoms. The fraction of sp³-hybridized carbons (Fsp3) is 0.318. The summed E-state index contributed by atoms with van der Waals surface area (Å²) in [5.41, 5.74) is 2.66. The number of rotatable bonds is 5. The molecule has 1 heterocycles. The second-order valence-electron chi connectivity index (χ2n) is 8.02. The van der Waals surface area contributed by atoms with E-state index >= 15 is 0 Å². The summed E-state index contributed by atoms with van der Waals surface area (Å²) in [5, 5.41) is 0.228. The van der Waals surface area contributed by atoms with Crippen molar-refractivity contribution >= 4 is 34.4 Å². The molecule has 1 N–H and O–H groups in total. The second-order valence-corrected chi connectivity index (χ2v) is 8.45. The summed E-state index contributed by atoms with van der Waals surface area (Å²) < 4.78 is 29.0. The molecule has 2 atom stereocenters. The van der Waals surface area contributed by atoms with E-state index in [2.05, 4.69) is 10.4 Å². The molecule has 1 aliphatic carbocycles. The molecule has 162 valence electrons. The first-order valence-electron chi connectivity index (χ1n) is 9.88. The van der Waals surface area contributed by atoms with Crippen LogP contribution < -0.4 is 15.9 Å². The third-order valence-electron chi connectivity index (χ3n) is 5.61. The van der Waals surface area contributed by atoms with Crippen LogP contribution in [0.1, 0.15) is 31.7 Å². The summed E-state index contributed by atoms with van der Waals surface area (Å²) in [6.45, 7) is 3.73. The van der Waals surface area contributed by atoms with Gasteiger partial charge in [0.2, 0.25) is 11.9 Å². The van der Waals surface area contributed by atoms with Gasteiger partial charge in [-0.25, -0.2) is 13.8 Å². The van der Waals surface area contributed by atoms with Crippen LogP contribution in [-0.4, -0.2) is 28.7 Å². The van der Waals surface area contributed by atoms with Gasteiger partial charge >= 0.3 is 0 Å². The molecular weight excluding hydrogens is 426 g/mol. The number of nitrogens with zero attached hydrogens (tertiary/aromatic N) is 3. The number of halogens is 3. The minimum absolute atomic E-state index is 0.0125. The number of benzene rings is 2. The minimum atomic E-state index is -1.03. The topological polar surface area (TPSA) is 67.2 Å². The highest BCUT2D eigenvalue weighted by Crippen LogP contribution is 2.47. The maximum absolute atomic E-state index is 14.4. The average Bonchev–Trinajstić information content (AvgIpc) is 3.50. The molecule has 1 aliphatic rings. The minimum Gasteiger partial charge on any atom is -0.341 e. The monoisotopic (exact) mass is 446 g/mol.